The Kier molecular flexibility index (Phi) is 4.97. The summed E-state index contributed by atoms with van der Waals surface area (Å²) in [5, 5.41) is 9.98. The zero-order chi connectivity index (χ0) is 17.1. The van der Waals surface area contributed by atoms with Crippen LogP contribution in [0.5, 0.6) is 0 Å². The van der Waals surface area contributed by atoms with Crippen LogP contribution >= 0.6 is 0 Å². The fourth-order valence-corrected chi connectivity index (χ4v) is 5.04. The lowest BCUT2D eigenvalue weighted by Crippen LogP contribution is -2.56. The van der Waals surface area contributed by atoms with Crippen LogP contribution < -0.4 is 0 Å². The molecule has 0 saturated heterocycles. The van der Waals surface area contributed by atoms with Gasteiger partial charge in [0.2, 0.25) is 0 Å². The highest BCUT2D eigenvalue weighted by molar-refractivity contribution is 6.69. The minimum Gasteiger partial charge on any atom is -0.468 e. The molecule has 1 aromatic rings. The minimum atomic E-state index is -2.01. The van der Waals surface area contributed by atoms with Crippen molar-refractivity contribution >= 4 is 14.3 Å². The van der Waals surface area contributed by atoms with Crippen LogP contribution in [0.15, 0.2) is 30.3 Å². The molecule has 0 heterocycles. The third-order valence-electron chi connectivity index (χ3n) is 4.49. The zero-order valence-electron chi connectivity index (χ0n) is 14.4. The lowest BCUT2D eigenvalue weighted by atomic mass is 9.70. The molecule has 2 unspecified atom stereocenters. The van der Waals surface area contributed by atoms with Crippen molar-refractivity contribution in [2.45, 2.75) is 50.9 Å². The van der Waals surface area contributed by atoms with E-state index in [1.165, 1.54) is 7.11 Å². The molecule has 2 rings (SSSR count). The monoisotopic (exact) mass is 331 g/mol. The SMILES string of the molecule is COC(=O)C1(Cc2ccccc2)CCCC1(C#N)O[Si](C)(C)C. The van der Waals surface area contributed by atoms with Crippen LogP contribution in [0, 0.1) is 16.7 Å². The standard InChI is InChI=1S/C18H25NO3Si/c1-21-16(20)17(13-15-9-6-5-7-10-15)11-8-12-18(17,14-19)22-23(2,3)4/h5-7,9-10H,8,11-13H2,1-4H3. The quantitative estimate of drug-likeness (QED) is 0.610. The average Bonchev–Trinajstić information content (AvgIpc) is 2.85. The molecule has 1 fully saturated rings. The van der Waals surface area contributed by atoms with E-state index in [1.807, 2.05) is 30.3 Å². The summed E-state index contributed by atoms with van der Waals surface area (Å²) < 4.78 is 11.5. The molecule has 0 bridgehead atoms. The van der Waals surface area contributed by atoms with Crippen molar-refractivity contribution in [2.24, 2.45) is 5.41 Å². The molecule has 1 saturated carbocycles. The minimum absolute atomic E-state index is 0.335. The summed E-state index contributed by atoms with van der Waals surface area (Å²) in [6.45, 7) is 6.15. The lowest BCUT2D eigenvalue weighted by molar-refractivity contribution is -0.161. The van der Waals surface area contributed by atoms with Gasteiger partial charge in [0.25, 0.3) is 0 Å². The molecule has 4 nitrogen and oxygen atoms in total. The van der Waals surface area contributed by atoms with Crippen molar-refractivity contribution in [3.05, 3.63) is 35.9 Å². The summed E-state index contributed by atoms with van der Waals surface area (Å²) in [5.41, 5.74) is -1.00. The first kappa shape index (κ1) is 17.7. The van der Waals surface area contributed by atoms with Crippen LogP contribution in [0.4, 0.5) is 0 Å². The Labute approximate surface area is 139 Å². The summed E-state index contributed by atoms with van der Waals surface area (Å²) in [6, 6.07) is 12.2. The number of nitrogens with zero attached hydrogens (tertiary/aromatic N) is 1. The fourth-order valence-electron chi connectivity index (χ4n) is 3.65. The van der Waals surface area contributed by atoms with E-state index in [4.69, 9.17) is 9.16 Å². The van der Waals surface area contributed by atoms with Crippen LogP contribution in [-0.2, 0) is 20.4 Å². The summed E-state index contributed by atoms with van der Waals surface area (Å²) in [4.78, 5) is 12.8. The molecule has 124 valence electrons. The molecule has 0 radical (unpaired) electrons. The Morgan fingerprint density at radius 2 is 1.91 bits per heavy atom. The summed E-state index contributed by atoms with van der Waals surface area (Å²) in [7, 11) is -0.618. The normalized spacial score (nSPS) is 27.4. The van der Waals surface area contributed by atoms with Gasteiger partial charge in [-0.15, -0.1) is 0 Å². The second-order valence-corrected chi connectivity index (χ2v) is 11.7. The van der Waals surface area contributed by atoms with Gasteiger partial charge in [-0.3, -0.25) is 4.79 Å². The largest absolute Gasteiger partial charge is 0.468 e. The van der Waals surface area contributed by atoms with Gasteiger partial charge in [-0.05, 0) is 50.9 Å². The van der Waals surface area contributed by atoms with Gasteiger partial charge >= 0.3 is 5.97 Å². The Balaban J connectivity index is 2.51. The van der Waals surface area contributed by atoms with Crippen molar-refractivity contribution in [3.8, 4) is 6.07 Å². The van der Waals surface area contributed by atoms with Gasteiger partial charge in [-0.25, -0.2) is 0 Å². The highest BCUT2D eigenvalue weighted by atomic mass is 28.4. The number of hydrogen-bond acceptors (Lipinski definition) is 4. The highest BCUT2D eigenvalue weighted by Crippen LogP contribution is 2.52. The van der Waals surface area contributed by atoms with E-state index in [0.29, 0.717) is 19.3 Å². The summed E-state index contributed by atoms with van der Waals surface area (Å²) >= 11 is 0. The smallest absolute Gasteiger partial charge is 0.316 e. The first-order chi connectivity index (χ1) is 10.8. The third kappa shape index (κ3) is 3.33. The number of benzene rings is 1. The van der Waals surface area contributed by atoms with Crippen LogP contribution in [0.2, 0.25) is 19.6 Å². The van der Waals surface area contributed by atoms with E-state index in [9.17, 15) is 10.1 Å². The Bertz CT molecular complexity index is 605. The number of carbonyl (C=O) groups is 1. The molecule has 1 aliphatic rings. The number of ether oxygens (including phenoxy) is 1. The van der Waals surface area contributed by atoms with E-state index in [1.54, 1.807) is 0 Å². The Morgan fingerprint density at radius 3 is 2.43 bits per heavy atom. The van der Waals surface area contributed by atoms with Gasteiger partial charge in [0.15, 0.2) is 13.9 Å². The van der Waals surface area contributed by atoms with Crippen LogP contribution in [0.25, 0.3) is 0 Å². The summed E-state index contributed by atoms with van der Waals surface area (Å²) in [5.74, 6) is -0.335. The number of rotatable bonds is 5. The van der Waals surface area contributed by atoms with Gasteiger partial charge in [0.1, 0.15) is 5.41 Å². The second kappa shape index (κ2) is 6.46. The van der Waals surface area contributed by atoms with E-state index < -0.39 is 19.3 Å². The van der Waals surface area contributed by atoms with Crippen molar-refractivity contribution in [1.29, 1.82) is 5.26 Å². The predicted octanol–water partition coefficient (Wildman–Crippen LogP) is 3.69. The Hall–Kier alpha value is -1.64. The molecule has 23 heavy (non-hydrogen) atoms. The number of esters is 1. The maximum atomic E-state index is 12.8. The van der Waals surface area contributed by atoms with Crippen molar-refractivity contribution in [3.63, 3.8) is 0 Å². The van der Waals surface area contributed by atoms with E-state index in [2.05, 4.69) is 25.7 Å². The maximum absolute atomic E-state index is 12.8. The molecule has 5 heteroatoms. The third-order valence-corrected chi connectivity index (χ3v) is 5.45. The van der Waals surface area contributed by atoms with Gasteiger partial charge < -0.3 is 9.16 Å². The van der Waals surface area contributed by atoms with Crippen molar-refractivity contribution in [2.75, 3.05) is 7.11 Å². The first-order valence-electron chi connectivity index (χ1n) is 8.02. The second-order valence-electron chi connectivity index (χ2n) is 7.24. The molecule has 1 aromatic carbocycles. The van der Waals surface area contributed by atoms with Gasteiger partial charge in [-0.2, -0.15) is 5.26 Å². The van der Waals surface area contributed by atoms with Crippen LogP contribution in [0.3, 0.4) is 0 Å². The van der Waals surface area contributed by atoms with Gasteiger partial charge in [-0.1, -0.05) is 30.3 Å². The molecular formula is C18H25NO3Si. The fraction of sp³-hybridized carbons (Fsp3) is 0.556. The first-order valence-corrected chi connectivity index (χ1v) is 11.4. The molecular weight excluding hydrogens is 306 g/mol. The van der Waals surface area contributed by atoms with E-state index in [-0.39, 0.29) is 5.97 Å². The molecule has 1 aliphatic carbocycles. The number of carbonyl (C=O) groups excluding carboxylic acids is 1. The van der Waals surface area contributed by atoms with E-state index >= 15 is 0 Å². The number of nitriles is 1. The summed E-state index contributed by atoms with van der Waals surface area (Å²) in [6.07, 6.45) is 2.46. The zero-order valence-corrected chi connectivity index (χ0v) is 15.4. The molecule has 0 aromatic heterocycles. The van der Waals surface area contributed by atoms with Gasteiger partial charge in [0, 0.05) is 0 Å². The van der Waals surface area contributed by atoms with Gasteiger partial charge in [0.05, 0.1) is 13.2 Å². The van der Waals surface area contributed by atoms with Crippen LogP contribution in [-0.4, -0.2) is 27.0 Å². The molecule has 2 atom stereocenters. The maximum Gasteiger partial charge on any atom is 0.316 e. The molecule has 0 aliphatic heterocycles. The number of methoxy groups -OCH3 is 1. The average molecular weight is 331 g/mol. The molecule has 0 N–H and O–H groups in total. The molecule has 0 amide bonds. The highest BCUT2D eigenvalue weighted by Gasteiger charge is 2.63. The Morgan fingerprint density at radius 1 is 1.26 bits per heavy atom. The van der Waals surface area contributed by atoms with Crippen LogP contribution in [0.1, 0.15) is 24.8 Å². The number of hydrogen-bond donors (Lipinski definition) is 0. The lowest BCUT2D eigenvalue weighted by Gasteiger charge is -2.42. The molecule has 0 spiro atoms. The van der Waals surface area contributed by atoms with E-state index in [0.717, 1.165) is 12.0 Å². The van der Waals surface area contributed by atoms with Crippen molar-refractivity contribution in [1.82, 2.24) is 0 Å². The van der Waals surface area contributed by atoms with Crippen molar-refractivity contribution < 1.29 is 14.0 Å². The topological polar surface area (TPSA) is 59.3 Å². The predicted molar refractivity (Wildman–Crippen MR) is 91.2 cm³/mol.